The van der Waals surface area contributed by atoms with E-state index in [1.54, 1.807) is 0 Å². The first-order valence-corrected chi connectivity index (χ1v) is 7.94. The van der Waals surface area contributed by atoms with Crippen LogP contribution in [-0.2, 0) is 11.8 Å². The SMILES string of the molecule is CN1CCC23c4c5ccc(O)c4OC2CCCC3C1C5. The maximum absolute atomic E-state index is 10.2. The first kappa shape index (κ1) is 11.4. The topological polar surface area (TPSA) is 32.7 Å². The van der Waals surface area contributed by atoms with Crippen molar-refractivity contribution in [2.75, 3.05) is 13.6 Å². The second-order valence-electron chi connectivity index (χ2n) is 7.13. The minimum atomic E-state index is 0.205. The van der Waals surface area contributed by atoms with Gasteiger partial charge in [-0.05, 0) is 63.2 Å². The van der Waals surface area contributed by atoms with E-state index in [9.17, 15) is 5.11 Å². The second-order valence-corrected chi connectivity index (χ2v) is 7.13. The Hall–Kier alpha value is -1.22. The lowest BCUT2D eigenvalue weighted by molar-refractivity contribution is -0.0426. The molecule has 1 aromatic carbocycles. The van der Waals surface area contributed by atoms with Crippen molar-refractivity contribution in [1.82, 2.24) is 4.90 Å². The summed E-state index contributed by atoms with van der Waals surface area (Å²) in [6, 6.07) is 4.63. The number of ether oxygens (including phenoxy) is 1. The van der Waals surface area contributed by atoms with Crippen molar-refractivity contribution in [3.63, 3.8) is 0 Å². The van der Waals surface area contributed by atoms with E-state index in [4.69, 9.17) is 4.74 Å². The zero-order valence-corrected chi connectivity index (χ0v) is 11.9. The van der Waals surface area contributed by atoms with E-state index < -0.39 is 0 Å². The van der Waals surface area contributed by atoms with Crippen LogP contribution in [0, 0.1) is 5.92 Å². The van der Waals surface area contributed by atoms with Gasteiger partial charge < -0.3 is 14.7 Å². The highest BCUT2D eigenvalue weighted by Crippen LogP contribution is 2.63. The number of phenols is 1. The molecule has 0 aromatic heterocycles. The molecular formula is C17H21NO2. The molecule has 4 unspecified atom stereocenters. The quantitative estimate of drug-likeness (QED) is 0.786. The zero-order valence-electron chi connectivity index (χ0n) is 11.9. The van der Waals surface area contributed by atoms with Gasteiger partial charge in [0.05, 0.1) is 0 Å². The van der Waals surface area contributed by atoms with E-state index in [-0.39, 0.29) is 5.41 Å². The van der Waals surface area contributed by atoms with E-state index in [0.29, 0.717) is 17.9 Å². The standard InChI is InChI=1S/C17H21NO2/c1-18-8-7-17-11-3-2-4-14(17)20-16-13(19)6-5-10(15(16)17)9-12(11)18/h5-6,11-12,14,19H,2-4,7-9H2,1H3. The number of nitrogens with zero attached hydrogens (tertiary/aromatic N) is 1. The minimum absolute atomic E-state index is 0.205. The fourth-order valence-corrected chi connectivity index (χ4v) is 5.71. The molecule has 2 heterocycles. The Bertz CT molecular complexity index is 599. The second kappa shape index (κ2) is 3.51. The smallest absolute Gasteiger partial charge is 0.165 e. The number of benzene rings is 1. The molecule has 3 heteroatoms. The number of likely N-dealkylation sites (tertiary alicyclic amines) is 1. The highest BCUT2D eigenvalue weighted by molar-refractivity contribution is 5.60. The first-order valence-electron chi connectivity index (χ1n) is 7.94. The summed E-state index contributed by atoms with van der Waals surface area (Å²) < 4.78 is 6.28. The van der Waals surface area contributed by atoms with Crippen molar-refractivity contribution in [3.05, 3.63) is 23.3 Å². The molecule has 5 rings (SSSR count). The highest BCUT2D eigenvalue weighted by atomic mass is 16.5. The summed E-state index contributed by atoms with van der Waals surface area (Å²) in [6.07, 6.45) is 6.37. The van der Waals surface area contributed by atoms with Crippen LogP contribution in [0.2, 0.25) is 0 Å². The summed E-state index contributed by atoms with van der Waals surface area (Å²) in [6.45, 7) is 1.16. The molecule has 4 aliphatic rings. The van der Waals surface area contributed by atoms with Gasteiger partial charge in [-0.1, -0.05) is 6.07 Å². The fraction of sp³-hybridized carbons (Fsp3) is 0.647. The van der Waals surface area contributed by atoms with Crippen molar-refractivity contribution in [3.8, 4) is 11.5 Å². The molecule has 106 valence electrons. The molecule has 2 aliphatic heterocycles. The third-order valence-electron chi connectivity index (χ3n) is 6.50. The van der Waals surface area contributed by atoms with Crippen LogP contribution in [0.1, 0.15) is 36.8 Å². The van der Waals surface area contributed by atoms with E-state index in [1.807, 2.05) is 6.07 Å². The highest BCUT2D eigenvalue weighted by Gasteiger charge is 2.62. The summed E-state index contributed by atoms with van der Waals surface area (Å²) in [5.74, 6) is 1.89. The van der Waals surface area contributed by atoms with Crippen molar-refractivity contribution in [1.29, 1.82) is 0 Å². The third kappa shape index (κ3) is 1.09. The van der Waals surface area contributed by atoms with Gasteiger partial charge in [-0.25, -0.2) is 0 Å². The monoisotopic (exact) mass is 271 g/mol. The summed E-state index contributed by atoms with van der Waals surface area (Å²) in [5, 5.41) is 10.2. The van der Waals surface area contributed by atoms with Crippen molar-refractivity contribution >= 4 is 0 Å². The number of hydrogen-bond donors (Lipinski definition) is 1. The fourth-order valence-electron chi connectivity index (χ4n) is 5.71. The molecule has 2 fully saturated rings. The Balaban J connectivity index is 1.82. The third-order valence-corrected chi connectivity index (χ3v) is 6.50. The van der Waals surface area contributed by atoms with E-state index in [0.717, 1.165) is 31.1 Å². The lowest BCUT2D eigenvalue weighted by atomic mass is 9.52. The maximum atomic E-state index is 10.2. The lowest BCUT2D eigenvalue weighted by Crippen LogP contribution is -2.63. The van der Waals surface area contributed by atoms with Crippen LogP contribution in [0.25, 0.3) is 0 Å². The Morgan fingerprint density at radius 2 is 2.25 bits per heavy atom. The van der Waals surface area contributed by atoms with Crippen LogP contribution in [0.4, 0.5) is 0 Å². The molecule has 3 nitrogen and oxygen atoms in total. The number of piperidine rings is 1. The van der Waals surface area contributed by atoms with Gasteiger partial charge in [-0.3, -0.25) is 0 Å². The van der Waals surface area contributed by atoms with Crippen LogP contribution in [0.5, 0.6) is 11.5 Å². The van der Waals surface area contributed by atoms with Gasteiger partial charge in [0.15, 0.2) is 11.5 Å². The Morgan fingerprint density at radius 1 is 1.35 bits per heavy atom. The largest absolute Gasteiger partial charge is 0.504 e. The summed E-state index contributed by atoms with van der Waals surface area (Å²) in [7, 11) is 2.28. The van der Waals surface area contributed by atoms with Gasteiger partial charge in [0, 0.05) is 17.0 Å². The van der Waals surface area contributed by atoms with Crippen LogP contribution in [0.3, 0.4) is 0 Å². The molecular weight excluding hydrogens is 250 g/mol. The maximum Gasteiger partial charge on any atom is 0.165 e. The number of likely N-dealkylation sites (N-methyl/N-ethyl adjacent to an activating group) is 1. The van der Waals surface area contributed by atoms with E-state index in [2.05, 4.69) is 18.0 Å². The molecule has 1 saturated heterocycles. The van der Waals surface area contributed by atoms with Gasteiger partial charge in [0.1, 0.15) is 6.10 Å². The van der Waals surface area contributed by atoms with Gasteiger partial charge >= 0.3 is 0 Å². The molecule has 1 saturated carbocycles. The number of aromatic hydroxyl groups is 1. The van der Waals surface area contributed by atoms with Crippen LogP contribution in [-0.4, -0.2) is 35.7 Å². The summed E-state index contributed by atoms with van der Waals surface area (Å²) in [5.41, 5.74) is 3.02. The first-order chi connectivity index (χ1) is 9.72. The normalized spacial score (nSPS) is 41.1. The Labute approximate surface area is 119 Å². The predicted octanol–water partition coefficient (Wildman–Crippen LogP) is 2.45. The van der Waals surface area contributed by atoms with E-state index in [1.165, 1.54) is 30.4 Å². The zero-order chi connectivity index (χ0) is 13.5. The predicted molar refractivity (Wildman–Crippen MR) is 76.3 cm³/mol. The van der Waals surface area contributed by atoms with E-state index >= 15 is 0 Å². The molecule has 0 radical (unpaired) electrons. The van der Waals surface area contributed by atoms with Crippen LogP contribution < -0.4 is 4.74 Å². The van der Waals surface area contributed by atoms with Gasteiger partial charge in [-0.2, -0.15) is 0 Å². The van der Waals surface area contributed by atoms with Crippen molar-refractivity contribution in [2.45, 2.75) is 49.7 Å². The van der Waals surface area contributed by atoms with Crippen LogP contribution in [0.15, 0.2) is 12.1 Å². The van der Waals surface area contributed by atoms with Crippen molar-refractivity contribution in [2.24, 2.45) is 5.92 Å². The average Bonchev–Trinajstić information content (AvgIpc) is 2.79. The van der Waals surface area contributed by atoms with Crippen molar-refractivity contribution < 1.29 is 9.84 Å². The molecule has 1 N–H and O–H groups in total. The lowest BCUT2D eigenvalue weighted by Gasteiger charge is -2.57. The molecule has 2 aliphatic carbocycles. The Kier molecular flexibility index (Phi) is 2.01. The minimum Gasteiger partial charge on any atom is -0.504 e. The summed E-state index contributed by atoms with van der Waals surface area (Å²) in [4.78, 5) is 2.56. The molecule has 2 bridgehead atoms. The molecule has 20 heavy (non-hydrogen) atoms. The number of hydrogen-bond acceptors (Lipinski definition) is 3. The van der Waals surface area contributed by atoms with Crippen LogP contribution >= 0.6 is 0 Å². The molecule has 1 aromatic rings. The van der Waals surface area contributed by atoms with Gasteiger partial charge in [-0.15, -0.1) is 0 Å². The molecule has 4 atom stereocenters. The average molecular weight is 271 g/mol. The molecule has 1 spiro atoms. The van der Waals surface area contributed by atoms with Gasteiger partial charge in [0.25, 0.3) is 0 Å². The number of phenolic OH excluding ortho intramolecular Hbond substituents is 1. The van der Waals surface area contributed by atoms with Gasteiger partial charge in [0.2, 0.25) is 0 Å². The number of rotatable bonds is 0. The molecule has 0 amide bonds. The summed E-state index contributed by atoms with van der Waals surface area (Å²) >= 11 is 0. The Morgan fingerprint density at radius 3 is 3.15 bits per heavy atom.